The van der Waals surface area contributed by atoms with E-state index in [0.29, 0.717) is 0 Å². The molecule has 0 spiro atoms. The molecule has 0 atom stereocenters. The van der Waals surface area contributed by atoms with E-state index in [0.717, 1.165) is 0 Å². The zero-order valence-electron chi connectivity index (χ0n) is 11.5. The van der Waals surface area contributed by atoms with Gasteiger partial charge in [0.25, 0.3) is 0 Å². The summed E-state index contributed by atoms with van der Waals surface area (Å²) in [4.78, 5) is 0. The van der Waals surface area contributed by atoms with Gasteiger partial charge in [-0.25, -0.2) is 0 Å². The van der Waals surface area contributed by atoms with Crippen LogP contribution in [-0.2, 0) is 21.3 Å². The molecule has 0 aliphatic heterocycles. The first-order chi connectivity index (χ1) is 7.52. The van der Waals surface area contributed by atoms with Crippen LogP contribution in [0.15, 0.2) is 41.0 Å². The standard InChI is InChI=1S/2C7H9.CH2.2ClH.Zr/c2*1-6-4-3-5-7(6)2;;;;/h2*4H,3H2,1-2H3;1H2;2*1H;/q;;;;;+2/p-2. The van der Waals surface area contributed by atoms with Crippen molar-refractivity contribution in [2.24, 2.45) is 0 Å². The van der Waals surface area contributed by atoms with Crippen LogP contribution >= 0.6 is 0 Å². The maximum absolute atomic E-state index is 4.59. The maximum Gasteiger partial charge on any atom is -1.00 e. The molecule has 0 saturated heterocycles. The normalized spacial score (nSPS) is 17.7. The minimum atomic E-state index is -1.71. The van der Waals surface area contributed by atoms with E-state index in [2.05, 4.69) is 44.1 Å². The maximum atomic E-state index is 4.59. The van der Waals surface area contributed by atoms with E-state index < -0.39 is 21.3 Å². The van der Waals surface area contributed by atoms with E-state index in [4.69, 9.17) is 0 Å². The monoisotopic (exact) mass is 360 g/mol. The van der Waals surface area contributed by atoms with Crippen LogP contribution in [0.2, 0.25) is 0 Å². The summed E-state index contributed by atoms with van der Waals surface area (Å²) in [5.41, 5.74) is 6.07. The van der Waals surface area contributed by atoms with Gasteiger partial charge in [-0.2, -0.15) is 0 Å². The first-order valence-corrected chi connectivity index (χ1v) is 10.2. The van der Waals surface area contributed by atoms with Crippen LogP contribution in [0.3, 0.4) is 0 Å². The summed E-state index contributed by atoms with van der Waals surface area (Å²) < 4.78 is 8.03. The summed E-state index contributed by atoms with van der Waals surface area (Å²) in [6.45, 7) is 9.03. The van der Waals surface area contributed by atoms with Gasteiger partial charge < -0.3 is 24.8 Å². The summed E-state index contributed by atoms with van der Waals surface area (Å²) in [6, 6.07) is 0. The first kappa shape index (κ1) is 18.3. The fourth-order valence-corrected chi connectivity index (χ4v) is 8.28. The number of halogens is 2. The van der Waals surface area contributed by atoms with Crippen LogP contribution in [0.4, 0.5) is 0 Å². The minimum absolute atomic E-state index is 0. The molecule has 0 nitrogen and oxygen atoms in total. The van der Waals surface area contributed by atoms with Gasteiger partial charge in [-0.1, -0.05) is 0 Å². The summed E-state index contributed by atoms with van der Waals surface area (Å²) in [5, 5.41) is 0. The smallest absolute Gasteiger partial charge is 1.00 e. The van der Waals surface area contributed by atoms with E-state index in [-0.39, 0.29) is 24.8 Å². The van der Waals surface area contributed by atoms with Crippen LogP contribution in [0.25, 0.3) is 0 Å². The van der Waals surface area contributed by atoms with Crippen molar-refractivity contribution in [1.82, 2.24) is 0 Å². The largest absolute Gasteiger partial charge is 1.00 e. The van der Waals surface area contributed by atoms with E-state index in [9.17, 15) is 0 Å². The van der Waals surface area contributed by atoms with Crippen molar-refractivity contribution in [1.29, 1.82) is 0 Å². The molecule has 0 heterocycles. The van der Waals surface area contributed by atoms with Crippen LogP contribution < -0.4 is 24.8 Å². The summed E-state index contributed by atoms with van der Waals surface area (Å²) in [6.07, 6.45) is 7.13. The number of allylic oxidation sites excluding steroid dienone is 8. The van der Waals surface area contributed by atoms with Crippen molar-refractivity contribution < 1.29 is 46.1 Å². The molecule has 18 heavy (non-hydrogen) atoms. The second-order valence-corrected chi connectivity index (χ2v) is 10.2. The van der Waals surface area contributed by atoms with Gasteiger partial charge in [-0.05, 0) is 0 Å². The average molecular weight is 362 g/mol. The zero-order chi connectivity index (χ0) is 11.9. The third-order valence-electron chi connectivity index (χ3n) is 4.04. The van der Waals surface area contributed by atoms with Gasteiger partial charge in [0.15, 0.2) is 0 Å². The quantitative estimate of drug-likeness (QED) is 0.549. The molecule has 0 bridgehead atoms. The van der Waals surface area contributed by atoms with Crippen molar-refractivity contribution in [2.45, 2.75) is 40.5 Å². The molecule has 3 heteroatoms. The van der Waals surface area contributed by atoms with Gasteiger partial charge in [0.2, 0.25) is 0 Å². The summed E-state index contributed by atoms with van der Waals surface area (Å²) in [5.74, 6) is 0. The van der Waals surface area contributed by atoms with Gasteiger partial charge in [0.05, 0.1) is 0 Å². The predicted molar refractivity (Wildman–Crippen MR) is 69.3 cm³/mol. The molecular weight excluding hydrogens is 342 g/mol. The van der Waals surface area contributed by atoms with Gasteiger partial charge in [0, 0.05) is 0 Å². The van der Waals surface area contributed by atoms with Gasteiger partial charge in [-0.15, -0.1) is 0 Å². The molecule has 2 rings (SSSR count). The Kier molecular flexibility index (Phi) is 7.29. The van der Waals surface area contributed by atoms with Crippen molar-refractivity contribution >= 4 is 4.21 Å². The molecule has 2 aliphatic rings. The molecule has 0 N–H and O–H groups in total. The Morgan fingerprint density at radius 1 is 0.833 bits per heavy atom. The molecular formula is C15H20Cl2Zr. The molecule has 0 unspecified atom stereocenters. The SMILES string of the molecule is [CH2]=[Zr+2]([C]1=C(C)C(C)=CC1)[C]1=C(C)C(C)=CC1.[Cl-].[Cl-]. The Morgan fingerprint density at radius 3 is 1.39 bits per heavy atom. The molecule has 0 saturated carbocycles. The number of rotatable bonds is 2. The van der Waals surface area contributed by atoms with Crippen molar-refractivity contribution in [2.75, 3.05) is 0 Å². The fraction of sp³-hybridized carbons (Fsp3) is 0.400. The predicted octanol–water partition coefficient (Wildman–Crippen LogP) is -1.71. The molecule has 0 amide bonds. The van der Waals surface area contributed by atoms with Crippen LogP contribution in [-0.4, -0.2) is 4.21 Å². The van der Waals surface area contributed by atoms with Crippen molar-refractivity contribution in [3.63, 3.8) is 0 Å². The molecule has 0 aromatic heterocycles. The zero-order valence-corrected chi connectivity index (χ0v) is 15.5. The van der Waals surface area contributed by atoms with Crippen molar-refractivity contribution in [3.05, 3.63) is 41.0 Å². The van der Waals surface area contributed by atoms with Crippen LogP contribution in [0.5, 0.6) is 0 Å². The second-order valence-electron chi connectivity index (χ2n) is 4.87. The summed E-state index contributed by atoms with van der Waals surface area (Å²) >= 11 is -1.71. The Bertz CT molecular complexity index is 447. The molecule has 0 aromatic rings. The molecule has 98 valence electrons. The topological polar surface area (TPSA) is 0 Å². The Balaban J connectivity index is 0.00000144. The Hall–Kier alpha value is 0.293. The van der Waals surface area contributed by atoms with Crippen molar-refractivity contribution in [3.8, 4) is 0 Å². The molecule has 2 aliphatic carbocycles. The van der Waals surface area contributed by atoms with Crippen LogP contribution in [0, 0.1) is 0 Å². The Morgan fingerprint density at radius 2 is 1.17 bits per heavy atom. The van der Waals surface area contributed by atoms with Crippen LogP contribution in [0.1, 0.15) is 40.5 Å². The van der Waals surface area contributed by atoms with Gasteiger partial charge in [-0.3, -0.25) is 0 Å². The average Bonchev–Trinajstić information content (AvgIpc) is 2.74. The first-order valence-electron chi connectivity index (χ1n) is 5.95. The second kappa shape index (κ2) is 7.18. The third kappa shape index (κ3) is 3.24. The van der Waals surface area contributed by atoms with E-state index in [1.165, 1.54) is 24.0 Å². The van der Waals surface area contributed by atoms with Gasteiger partial charge >= 0.3 is 107 Å². The third-order valence-corrected chi connectivity index (χ3v) is 10.5. The fourth-order valence-electron chi connectivity index (χ4n) is 2.48. The van der Waals surface area contributed by atoms with E-state index in [1.807, 2.05) is 0 Å². The number of hydrogen-bond acceptors (Lipinski definition) is 0. The van der Waals surface area contributed by atoms with Gasteiger partial charge in [0.1, 0.15) is 0 Å². The number of hydrogen-bond donors (Lipinski definition) is 0. The summed E-state index contributed by atoms with van der Waals surface area (Å²) in [7, 11) is 0. The molecule has 0 radical (unpaired) electrons. The van der Waals surface area contributed by atoms with E-state index >= 15 is 0 Å². The Labute approximate surface area is 131 Å². The molecule has 0 aromatic carbocycles. The molecule has 0 fully saturated rings. The van der Waals surface area contributed by atoms with E-state index in [1.54, 1.807) is 17.7 Å². The minimum Gasteiger partial charge on any atom is -1.00 e.